The van der Waals surface area contributed by atoms with Crippen LogP contribution >= 0.6 is 0 Å². The lowest BCUT2D eigenvalue weighted by Gasteiger charge is -2.17. The van der Waals surface area contributed by atoms with Gasteiger partial charge in [0.1, 0.15) is 18.8 Å². The smallest absolute Gasteiger partial charge is 0.407 e. The lowest BCUT2D eigenvalue weighted by atomic mass is 9.98. The lowest BCUT2D eigenvalue weighted by Crippen LogP contribution is -2.42. The second-order valence-corrected chi connectivity index (χ2v) is 7.34. The van der Waals surface area contributed by atoms with E-state index in [4.69, 9.17) is 4.74 Å². The van der Waals surface area contributed by atoms with E-state index in [9.17, 15) is 24.8 Å². The van der Waals surface area contributed by atoms with Gasteiger partial charge in [0.2, 0.25) is 0 Å². The maximum Gasteiger partial charge on any atom is 0.407 e. The Hall–Kier alpha value is -4.27. The van der Waals surface area contributed by atoms with Crippen molar-refractivity contribution in [2.45, 2.75) is 18.4 Å². The summed E-state index contributed by atoms with van der Waals surface area (Å²) in [6.07, 6.45) is 0.200. The van der Waals surface area contributed by atoms with E-state index in [1.165, 1.54) is 18.3 Å². The summed E-state index contributed by atoms with van der Waals surface area (Å²) in [5, 5.41) is 22.7. The molecule has 0 radical (unpaired) electrons. The number of carboxylic acids is 1. The van der Waals surface area contributed by atoms with Gasteiger partial charge in [-0.1, -0.05) is 48.5 Å². The molecule has 9 heteroatoms. The third kappa shape index (κ3) is 4.27. The van der Waals surface area contributed by atoms with Crippen LogP contribution in [0.2, 0.25) is 0 Å². The standard InChI is InChI=1S/C23H19N3O6/c27-22(28)20(11-14-9-10-24-21(12-14)26(30)31)25-23(29)32-13-19-17-7-3-1-5-15(17)16-6-2-4-8-18(16)19/h1-10,12,19-20H,11,13H2,(H,25,29)(H,27,28). The SMILES string of the molecule is O=C(NC(Cc1ccnc([N+](=O)[O-])c1)C(=O)O)OCC1c2ccccc2-c2ccccc21. The summed E-state index contributed by atoms with van der Waals surface area (Å²) in [5.41, 5.74) is 4.61. The van der Waals surface area contributed by atoms with Gasteiger partial charge in [-0.2, -0.15) is 0 Å². The van der Waals surface area contributed by atoms with Crippen molar-refractivity contribution in [1.29, 1.82) is 0 Å². The van der Waals surface area contributed by atoms with E-state index in [-0.39, 0.29) is 18.9 Å². The Balaban J connectivity index is 1.43. The number of fused-ring (bicyclic) bond motifs is 3. The minimum absolute atomic E-state index is 0.0485. The van der Waals surface area contributed by atoms with Gasteiger partial charge in [-0.3, -0.25) is 0 Å². The Kier molecular flexibility index (Phi) is 5.80. The molecule has 0 fully saturated rings. The number of ether oxygens (including phenoxy) is 1. The summed E-state index contributed by atoms with van der Waals surface area (Å²) in [7, 11) is 0. The second kappa shape index (κ2) is 8.84. The van der Waals surface area contributed by atoms with E-state index >= 15 is 0 Å². The van der Waals surface area contributed by atoms with Crippen LogP contribution in [0.25, 0.3) is 11.1 Å². The second-order valence-electron chi connectivity index (χ2n) is 7.34. The van der Waals surface area contributed by atoms with Crippen molar-refractivity contribution in [2.75, 3.05) is 6.61 Å². The molecule has 9 nitrogen and oxygen atoms in total. The average molecular weight is 433 g/mol. The monoisotopic (exact) mass is 433 g/mol. The number of carbonyl (C=O) groups excluding carboxylic acids is 1. The first kappa shape index (κ1) is 21.0. The molecule has 1 aliphatic carbocycles. The number of aromatic nitrogens is 1. The van der Waals surface area contributed by atoms with Gasteiger partial charge in [-0.05, 0) is 43.8 Å². The molecule has 0 saturated heterocycles. The zero-order chi connectivity index (χ0) is 22.7. The first-order valence-electron chi connectivity index (χ1n) is 9.87. The van der Waals surface area contributed by atoms with Crippen molar-refractivity contribution in [3.8, 4) is 11.1 Å². The molecule has 0 saturated carbocycles. The number of carbonyl (C=O) groups is 2. The first-order chi connectivity index (χ1) is 15.4. The average Bonchev–Trinajstić information content (AvgIpc) is 3.11. The molecule has 0 aliphatic heterocycles. The minimum Gasteiger partial charge on any atom is -0.480 e. The number of amides is 1. The molecule has 2 aromatic carbocycles. The van der Waals surface area contributed by atoms with Crippen LogP contribution in [0, 0.1) is 10.1 Å². The zero-order valence-electron chi connectivity index (χ0n) is 16.8. The highest BCUT2D eigenvalue weighted by molar-refractivity contribution is 5.81. The lowest BCUT2D eigenvalue weighted by molar-refractivity contribution is -0.389. The zero-order valence-corrected chi connectivity index (χ0v) is 16.8. The normalized spacial score (nSPS) is 13.0. The summed E-state index contributed by atoms with van der Waals surface area (Å²) < 4.78 is 5.39. The van der Waals surface area contributed by atoms with Crippen molar-refractivity contribution in [2.24, 2.45) is 0 Å². The van der Waals surface area contributed by atoms with Gasteiger partial charge in [-0.25, -0.2) is 9.59 Å². The summed E-state index contributed by atoms with van der Waals surface area (Å²) in [5.74, 6) is -1.83. The van der Waals surface area contributed by atoms with Crippen LogP contribution in [0.5, 0.6) is 0 Å². The fourth-order valence-corrected chi connectivity index (χ4v) is 3.91. The van der Waals surface area contributed by atoms with Crippen LogP contribution in [0.4, 0.5) is 10.6 Å². The predicted molar refractivity (Wildman–Crippen MR) is 114 cm³/mol. The number of alkyl carbamates (subject to hydrolysis) is 1. The largest absolute Gasteiger partial charge is 0.480 e. The Morgan fingerprint density at radius 1 is 1.09 bits per heavy atom. The highest BCUT2D eigenvalue weighted by Crippen LogP contribution is 2.44. The number of nitrogens with one attached hydrogen (secondary N) is 1. The highest BCUT2D eigenvalue weighted by atomic mass is 16.6. The van der Waals surface area contributed by atoms with E-state index in [0.717, 1.165) is 22.3 Å². The summed E-state index contributed by atoms with van der Waals surface area (Å²) >= 11 is 0. The third-order valence-electron chi connectivity index (χ3n) is 5.37. The highest BCUT2D eigenvalue weighted by Gasteiger charge is 2.30. The maximum absolute atomic E-state index is 12.4. The van der Waals surface area contributed by atoms with E-state index in [2.05, 4.69) is 10.3 Å². The molecule has 1 atom stereocenters. The third-order valence-corrected chi connectivity index (χ3v) is 5.37. The quantitative estimate of drug-likeness (QED) is 0.430. The number of rotatable bonds is 7. The van der Waals surface area contributed by atoms with E-state index in [1.54, 1.807) is 0 Å². The van der Waals surface area contributed by atoms with Crippen LogP contribution < -0.4 is 5.32 Å². The molecule has 0 spiro atoms. The molecule has 1 unspecified atom stereocenters. The molecule has 1 heterocycles. The topological polar surface area (TPSA) is 132 Å². The first-order valence-corrected chi connectivity index (χ1v) is 9.87. The van der Waals surface area contributed by atoms with Crippen molar-refractivity contribution < 1.29 is 24.4 Å². The molecule has 4 rings (SSSR count). The molecule has 162 valence electrons. The van der Waals surface area contributed by atoms with Crippen LogP contribution in [0.3, 0.4) is 0 Å². The van der Waals surface area contributed by atoms with Gasteiger partial charge in [-0.15, -0.1) is 0 Å². The Morgan fingerprint density at radius 3 is 2.31 bits per heavy atom. The summed E-state index contributed by atoms with van der Waals surface area (Å²) in [6.45, 7) is 0.0485. The van der Waals surface area contributed by atoms with Crippen molar-refractivity contribution in [1.82, 2.24) is 10.3 Å². The number of carboxylic acid groups (broad SMARTS) is 1. The van der Waals surface area contributed by atoms with Gasteiger partial charge < -0.3 is 25.3 Å². The van der Waals surface area contributed by atoms with Crippen LogP contribution in [0.15, 0.2) is 66.9 Å². The Labute approximate surface area is 182 Å². The maximum atomic E-state index is 12.4. The molecular formula is C23H19N3O6. The fraction of sp³-hybridized carbons (Fsp3) is 0.174. The number of benzene rings is 2. The van der Waals surface area contributed by atoms with Crippen molar-refractivity contribution >= 4 is 17.9 Å². The molecule has 32 heavy (non-hydrogen) atoms. The Morgan fingerprint density at radius 2 is 1.72 bits per heavy atom. The summed E-state index contributed by atoms with van der Waals surface area (Å²) in [6, 6.07) is 17.1. The van der Waals surface area contributed by atoms with Gasteiger partial charge in [0.05, 0.1) is 0 Å². The minimum atomic E-state index is -1.31. The molecular weight excluding hydrogens is 414 g/mol. The molecule has 1 aliphatic rings. The van der Waals surface area contributed by atoms with Gasteiger partial charge >= 0.3 is 17.9 Å². The molecule has 3 aromatic rings. The molecule has 1 amide bonds. The van der Waals surface area contributed by atoms with Gasteiger partial charge in [0, 0.05) is 18.4 Å². The number of hydrogen-bond donors (Lipinski definition) is 2. The van der Waals surface area contributed by atoms with Crippen LogP contribution in [-0.4, -0.2) is 39.7 Å². The van der Waals surface area contributed by atoms with Crippen LogP contribution in [0.1, 0.15) is 22.6 Å². The van der Waals surface area contributed by atoms with Crippen molar-refractivity contribution in [3.05, 3.63) is 93.7 Å². The van der Waals surface area contributed by atoms with Gasteiger partial charge in [0.15, 0.2) is 0 Å². The fourth-order valence-electron chi connectivity index (χ4n) is 3.91. The summed E-state index contributed by atoms with van der Waals surface area (Å²) in [4.78, 5) is 37.8. The number of pyridine rings is 1. The number of nitro groups is 1. The molecule has 1 aromatic heterocycles. The van der Waals surface area contributed by atoms with E-state index < -0.39 is 28.8 Å². The van der Waals surface area contributed by atoms with E-state index in [0.29, 0.717) is 5.56 Å². The number of hydrogen-bond acceptors (Lipinski definition) is 6. The molecule has 2 N–H and O–H groups in total. The predicted octanol–water partition coefficient (Wildman–Crippen LogP) is 3.52. The van der Waals surface area contributed by atoms with Gasteiger partial charge in [0.25, 0.3) is 0 Å². The van der Waals surface area contributed by atoms with Crippen molar-refractivity contribution in [3.63, 3.8) is 0 Å². The number of aliphatic carboxylic acids is 1. The molecule has 0 bridgehead atoms. The van der Waals surface area contributed by atoms with Crippen LogP contribution in [-0.2, 0) is 16.0 Å². The number of nitrogens with zero attached hydrogens (tertiary/aromatic N) is 2. The van der Waals surface area contributed by atoms with E-state index in [1.807, 2.05) is 48.5 Å². The Bertz CT molecular complexity index is 1150.